The van der Waals surface area contributed by atoms with Crippen LogP contribution in [-0.2, 0) is 4.57 Å². The lowest BCUT2D eigenvalue weighted by Gasteiger charge is -2.23. The van der Waals surface area contributed by atoms with E-state index in [2.05, 4.69) is 5.32 Å². The Morgan fingerprint density at radius 1 is 0.615 bits per heavy atom. The molecule has 0 fully saturated rings. The van der Waals surface area contributed by atoms with Crippen molar-refractivity contribution >= 4 is 17.8 Å². The first-order valence-corrected chi connectivity index (χ1v) is 14.3. The Hall–Kier alpha value is -4.13. The molecule has 8 nitrogen and oxygen atoms in total. The van der Waals surface area contributed by atoms with Gasteiger partial charge in [0.25, 0.3) is 0 Å². The lowest BCUT2D eigenvalue weighted by atomic mass is 9.86. The Balaban J connectivity index is 1.64. The van der Waals surface area contributed by atoms with E-state index in [0.717, 1.165) is 11.1 Å². The molecule has 39 heavy (non-hydrogen) atoms. The molecule has 0 aliphatic rings. The zero-order valence-corrected chi connectivity index (χ0v) is 22.6. The first-order chi connectivity index (χ1) is 18.5. The van der Waals surface area contributed by atoms with Gasteiger partial charge in [0.05, 0.1) is 6.29 Å². The summed E-state index contributed by atoms with van der Waals surface area (Å²) < 4.78 is 14.4. The van der Waals surface area contributed by atoms with Crippen molar-refractivity contribution in [1.29, 1.82) is 0 Å². The molecule has 0 aliphatic heterocycles. The summed E-state index contributed by atoms with van der Waals surface area (Å²) in [5.74, 6) is -4.36. The topological polar surface area (TPSA) is 150 Å². The highest BCUT2D eigenvalue weighted by molar-refractivity contribution is 7.78. The van der Waals surface area contributed by atoms with Crippen molar-refractivity contribution in [3.05, 3.63) is 95.1 Å². The first kappa shape index (κ1) is 27.9. The minimum atomic E-state index is -3.07. The Morgan fingerprint density at radius 3 is 1.44 bits per heavy atom. The summed E-state index contributed by atoms with van der Waals surface area (Å²) in [5.41, 5.74) is 2.48. The van der Waals surface area contributed by atoms with Crippen LogP contribution in [0.3, 0.4) is 0 Å². The first-order valence-electron chi connectivity index (χ1n) is 12.4. The van der Waals surface area contributed by atoms with Crippen molar-refractivity contribution in [3.63, 3.8) is 0 Å². The summed E-state index contributed by atoms with van der Waals surface area (Å²) >= 11 is 0. The molecule has 9 heteroatoms. The average Bonchev–Trinajstić information content (AvgIpc) is 2.92. The third kappa shape index (κ3) is 5.67. The van der Waals surface area contributed by atoms with Crippen molar-refractivity contribution in [2.24, 2.45) is 0 Å². The van der Waals surface area contributed by atoms with Gasteiger partial charge < -0.3 is 40.5 Å². The van der Waals surface area contributed by atoms with E-state index < -0.39 is 47.6 Å². The molecule has 0 saturated carbocycles. The second-order valence-corrected chi connectivity index (χ2v) is 12.5. The number of benzene rings is 4. The SMILES string of the molecule is Cc1ccc(P(=O)(CNCCC(c2ccc(O)c(O)c2O)c2ccc(O)c(O)c2O)c2ccc(C)cc2)cc1. The van der Waals surface area contributed by atoms with Gasteiger partial charge >= 0.3 is 0 Å². The fraction of sp³-hybridized carbons (Fsp3) is 0.200. The maximum atomic E-state index is 14.4. The quantitative estimate of drug-likeness (QED) is 0.0908. The highest BCUT2D eigenvalue weighted by Crippen LogP contribution is 2.48. The Bertz CT molecular complexity index is 1410. The molecule has 204 valence electrons. The molecule has 0 aliphatic carbocycles. The number of phenolic OH excluding ortho intramolecular Hbond substituents is 6. The monoisotopic (exact) mass is 549 g/mol. The molecule has 0 heterocycles. The van der Waals surface area contributed by atoms with E-state index in [4.69, 9.17) is 0 Å². The number of hydrogen-bond acceptors (Lipinski definition) is 8. The summed E-state index contributed by atoms with van der Waals surface area (Å²) in [5, 5.41) is 65.7. The van der Waals surface area contributed by atoms with Gasteiger partial charge in [0, 0.05) is 27.7 Å². The number of rotatable bonds is 9. The van der Waals surface area contributed by atoms with Crippen LogP contribution in [0.4, 0.5) is 0 Å². The summed E-state index contributed by atoms with van der Waals surface area (Å²) in [6.07, 6.45) is 0.378. The van der Waals surface area contributed by atoms with Crippen LogP contribution < -0.4 is 15.9 Å². The zero-order chi connectivity index (χ0) is 28.3. The predicted octanol–water partition coefficient (Wildman–Crippen LogP) is 4.62. The van der Waals surface area contributed by atoms with E-state index in [0.29, 0.717) is 10.6 Å². The Kier molecular flexibility index (Phi) is 8.09. The van der Waals surface area contributed by atoms with Crippen LogP contribution in [0.5, 0.6) is 34.5 Å². The van der Waals surface area contributed by atoms with Gasteiger partial charge in [0.2, 0.25) is 11.5 Å². The largest absolute Gasteiger partial charge is 0.504 e. The molecule has 0 radical (unpaired) electrons. The van der Waals surface area contributed by atoms with Crippen molar-refractivity contribution in [3.8, 4) is 34.5 Å². The lowest BCUT2D eigenvalue weighted by Crippen LogP contribution is -2.28. The second-order valence-electron chi connectivity index (χ2n) is 9.65. The maximum Gasteiger partial charge on any atom is 0.200 e. The zero-order valence-electron chi connectivity index (χ0n) is 21.7. The molecular weight excluding hydrogens is 517 g/mol. The number of hydrogen-bond donors (Lipinski definition) is 7. The molecule has 0 unspecified atom stereocenters. The van der Waals surface area contributed by atoms with Crippen molar-refractivity contribution in [1.82, 2.24) is 5.32 Å². The molecule has 0 spiro atoms. The van der Waals surface area contributed by atoms with Gasteiger partial charge in [-0.2, -0.15) is 0 Å². The van der Waals surface area contributed by atoms with Gasteiger partial charge in [0.15, 0.2) is 30.1 Å². The summed E-state index contributed by atoms with van der Waals surface area (Å²) in [4.78, 5) is 0. The minimum Gasteiger partial charge on any atom is -0.504 e. The van der Waals surface area contributed by atoms with Gasteiger partial charge in [0.1, 0.15) is 0 Å². The fourth-order valence-corrected chi connectivity index (χ4v) is 6.99. The van der Waals surface area contributed by atoms with Crippen molar-refractivity contribution < 1.29 is 35.2 Å². The van der Waals surface area contributed by atoms with E-state index in [1.165, 1.54) is 24.3 Å². The summed E-state index contributed by atoms with van der Waals surface area (Å²) in [6, 6.07) is 20.4. The van der Waals surface area contributed by atoms with Crippen molar-refractivity contribution in [2.75, 3.05) is 12.8 Å². The van der Waals surface area contributed by atoms with E-state index in [-0.39, 0.29) is 30.4 Å². The van der Waals surface area contributed by atoms with E-state index in [1.807, 2.05) is 62.4 Å². The molecule has 0 atom stereocenters. The van der Waals surface area contributed by atoms with Crippen LogP contribution in [0.15, 0.2) is 72.8 Å². The van der Waals surface area contributed by atoms with Crippen LogP contribution in [0, 0.1) is 13.8 Å². The highest BCUT2D eigenvalue weighted by atomic mass is 31.2. The van der Waals surface area contributed by atoms with Crippen LogP contribution in [0.2, 0.25) is 0 Å². The third-order valence-corrected chi connectivity index (χ3v) is 9.85. The maximum absolute atomic E-state index is 14.4. The number of aryl methyl sites for hydroxylation is 2. The molecule has 4 rings (SSSR count). The van der Waals surface area contributed by atoms with E-state index >= 15 is 0 Å². The van der Waals surface area contributed by atoms with Crippen LogP contribution in [0.1, 0.15) is 34.6 Å². The minimum absolute atomic E-state index is 0.144. The average molecular weight is 550 g/mol. The molecule has 7 N–H and O–H groups in total. The van der Waals surface area contributed by atoms with E-state index in [9.17, 15) is 35.2 Å². The van der Waals surface area contributed by atoms with Crippen LogP contribution >= 0.6 is 7.14 Å². The third-order valence-electron chi connectivity index (χ3n) is 6.92. The highest BCUT2D eigenvalue weighted by Gasteiger charge is 2.29. The standard InChI is InChI=1S/C30H32NO7P/c1-18-3-7-20(8-4-18)39(38,21-9-5-19(2)6-10-21)17-31-16-15-22(23-11-13-25(32)29(36)27(23)34)24-12-14-26(33)30(37)28(24)35/h3-14,22,31-37H,15-17H2,1-2H3. The van der Waals surface area contributed by atoms with Gasteiger partial charge in [-0.15, -0.1) is 0 Å². The smallest absolute Gasteiger partial charge is 0.200 e. The summed E-state index contributed by atoms with van der Waals surface area (Å²) in [7, 11) is -3.07. The number of nitrogens with one attached hydrogen (secondary N) is 1. The van der Waals surface area contributed by atoms with E-state index in [1.54, 1.807) is 0 Å². The molecular formula is C30H32NO7P. The summed E-state index contributed by atoms with van der Waals surface area (Å²) in [6.45, 7) is 4.20. The molecule has 0 bridgehead atoms. The predicted molar refractivity (Wildman–Crippen MR) is 151 cm³/mol. The normalized spacial score (nSPS) is 11.7. The molecule has 4 aromatic carbocycles. The van der Waals surface area contributed by atoms with Crippen molar-refractivity contribution in [2.45, 2.75) is 26.2 Å². The van der Waals surface area contributed by atoms with Crippen LogP contribution in [0.25, 0.3) is 0 Å². The fourth-order valence-electron chi connectivity index (χ4n) is 4.60. The lowest BCUT2D eigenvalue weighted by molar-refractivity contribution is 0.358. The Morgan fingerprint density at radius 2 is 1.03 bits per heavy atom. The van der Waals surface area contributed by atoms with Gasteiger partial charge in [-0.05, 0) is 38.9 Å². The molecule has 4 aromatic rings. The molecule has 0 aromatic heterocycles. The van der Waals surface area contributed by atoms with Gasteiger partial charge in [-0.25, -0.2) is 0 Å². The molecule has 0 amide bonds. The van der Waals surface area contributed by atoms with Gasteiger partial charge in [-0.3, -0.25) is 0 Å². The Labute approximate surface area is 226 Å². The van der Waals surface area contributed by atoms with Crippen LogP contribution in [-0.4, -0.2) is 43.5 Å². The number of phenols is 6. The number of aromatic hydroxyl groups is 6. The molecule has 0 saturated heterocycles. The second kappa shape index (κ2) is 11.3. The van der Waals surface area contributed by atoms with Gasteiger partial charge in [-0.1, -0.05) is 71.8 Å².